The third-order valence-corrected chi connectivity index (χ3v) is 4.37. The highest BCUT2D eigenvalue weighted by molar-refractivity contribution is 6.39. The number of aromatic nitrogens is 1. The van der Waals surface area contributed by atoms with Crippen molar-refractivity contribution in [1.29, 1.82) is 0 Å². The number of fused-ring (bicyclic) bond motifs is 1. The molecule has 0 bridgehead atoms. The summed E-state index contributed by atoms with van der Waals surface area (Å²) in [5.74, 6) is -1.79. The van der Waals surface area contributed by atoms with E-state index in [1.807, 2.05) is 0 Å². The SMILES string of the molecule is COc1cccc2c1OC(C(=O)O)(C(=O)Nc1c(Cl)cncc1Cl)C2. The lowest BCUT2D eigenvalue weighted by Crippen LogP contribution is -2.53. The Labute approximate surface area is 152 Å². The fourth-order valence-electron chi connectivity index (χ4n) is 2.54. The van der Waals surface area contributed by atoms with Gasteiger partial charge in [0.2, 0.25) is 0 Å². The van der Waals surface area contributed by atoms with Gasteiger partial charge >= 0.3 is 5.97 Å². The van der Waals surface area contributed by atoms with E-state index in [0.29, 0.717) is 11.3 Å². The van der Waals surface area contributed by atoms with Crippen LogP contribution in [0.15, 0.2) is 30.6 Å². The number of hydrogen-bond acceptors (Lipinski definition) is 5. The Hall–Kier alpha value is -2.51. The molecule has 9 heteroatoms. The molecule has 2 N–H and O–H groups in total. The molecular formula is C16H12Cl2N2O5. The summed E-state index contributed by atoms with van der Waals surface area (Å²) in [6.45, 7) is 0. The normalized spacial score (nSPS) is 18.2. The number of anilines is 1. The topological polar surface area (TPSA) is 97.8 Å². The molecule has 1 amide bonds. The lowest BCUT2D eigenvalue weighted by Gasteiger charge is -2.23. The zero-order valence-electron chi connectivity index (χ0n) is 12.9. The maximum atomic E-state index is 12.8. The maximum absolute atomic E-state index is 12.8. The number of para-hydroxylation sites is 1. The minimum Gasteiger partial charge on any atom is -0.493 e. The highest BCUT2D eigenvalue weighted by Crippen LogP contribution is 2.43. The smallest absolute Gasteiger partial charge is 0.358 e. The van der Waals surface area contributed by atoms with Crippen molar-refractivity contribution < 1.29 is 24.2 Å². The van der Waals surface area contributed by atoms with Gasteiger partial charge in [0, 0.05) is 24.4 Å². The number of benzene rings is 1. The van der Waals surface area contributed by atoms with Gasteiger partial charge in [0.05, 0.1) is 22.8 Å². The number of halogens is 2. The van der Waals surface area contributed by atoms with Crippen molar-refractivity contribution in [3.05, 3.63) is 46.2 Å². The van der Waals surface area contributed by atoms with Crippen molar-refractivity contribution in [1.82, 2.24) is 4.98 Å². The molecule has 0 fully saturated rings. The van der Waals surface area contributed by atoms with E-state index in [2.05, 4.69) is 10.3 Å². The van der Waals surface area contributed by atoms with Gasteiger partial charge in [-0.15, -0.1) is 0 Å². The quantitative estimate of drug-likeness (QED) is 0.788. The zero-order chi connectivity index (χ0) is 18.2. The number of ether oxygens (including phenoxy) is 2. The third kappa shape index (κ3) is 2.85. The van der Waals surface area contributed by atoms with Crippen molar-refractivity contribution in [2.24, 2.45) is 0 Å². The van der Waals surface area contributed by atoms with Gasteiger partial charge in [-0.3, -0.25) is 9.78 Å². The fourth-order valence-corrected chi connectivity index (χ4v) is 3.00. The number of hydrogen-bond donors (Lipinski definition) is 2. The van der Waals surface area contributed by atoms with Crippen molar-refractivity contribution in [2.75, 3.05) is 12.4 Å². The molecule has 1 atom stereocenters. The van der Waals surface area contributed by atoms with Crippen LogP contribution in [-0.4, -0.2) is 34.7 Å². The molecular weight excluding hydrogens is 371 g/mol. The average molecular weight is 383 g/mol. The first-order valence-electron chi connectivity index (χ1n) is 7.08. The molecule has 1 unspecified atom stereocenters. The van der Waals surface area contributed by atoms with Crippen molar-refractivity contribution in [2.45, 2.75) is 12.0 Å². The van der Waals surface area contributed by atoms with Gasteiger partial charge in [0.1, 0.15) is 0 Å². The molecule has 2 aromatic rings. The fraction of sp³-hybridized carbons (Fsp3) is 0.188. The highest BCUT2D eigenvalue weighted by atomic mass is 35.5. The predicted octanol–water partition coefficient (Wildman–Crippen LogP) is 2.79. The van der Waals surface area contributed by atoms with E-state index < -0.39 is 17.5 Å². The summed E-state index contributed by atoms with van der Waals surface area (Å²) in [7, 11) is 1.43. The Morgan fingerprint density at radius 1 is 1.32 bits per heavy atom. The van der Waals surface area contributed by atoms with Gasteiger partial charge in [0.25, 0.3) is 11.5 Å². The Morgan fingerprint density at radius 2 is 2.00 bits per heavy atom. The minimum atomic E-state index is -2.16. The molecule has 1 aliphatic rings. The molecule has 0 saturated carbocycles. The summed E-state index contributed by atoms with van der Waals surface area (Å²) in [6.07, 6.45) is 2.40. The molecule has 0 aliphatic carbocycles. The summed E-state index contributed by atoms with van der Waals surface area (Å²) in [5, 5.41) is 12.3. The molecule has 0 radical (unpaired) electrons. The number of aliphatic carboxylic acids is 1. The standard InChI is InChI=1S/C16H12Cl2N2O5/c1-24-11-4-2-3-8-5-16(15(22)23,25-13(8)11)14(21)20-12-9(17)6-19-7-10(12)18/h2-4,6-7H,5H2,1H3,(H,22,23)(H,19,20,21). The summed E-state index contributed by atoms with van der Waals surface area (Å²) in [4.78, 5) is 28.4. The predicted molar refractivity (Wildman–Crippen MR) is 90.6 cm³/mol. The average Bonchev–Trinajstić information content (AvgIpc) is 2.99. The number of carboxylic acids is 1. The largest absolute Gasteiger partial charge is 0.493 e. The highest BCUT2D eigenvalue weighted by Gasteiger charge is 2.54. The van der Waals surface area contributed by atoms with E-state index in [1.165, 1.54) is 19.5 Å². The minimum absolute atomic E-state index is 0.0653. The number of nitrogens with one attached hydrogen (secondary N) is 1. The van der Waals surface area contributed by atoms with Crippen LogP contribution >= 0.6 is 23.2 Å². The molecule has 2 heterocycles. The second kappa shape index (κ2) is 6.42. The van der Waals surface area contributed by atoms with Crippen LogP contribution in [-0.2, 0) is 16.0 Å². The van der Waals surface area contributed by atoms with Gasteiger partial charge in [-0.25, -0.2) is 4.79 Å². The van der Waals surface area contributed by atoms with Gasteiger partial charge in [-0.05, 0) is 6.07 Å². The molecule has 3 rings (SSSR count). The zero-order valence-corrected chi connectivity index (χ0v) is 14.4. The Balaban J connectivity index is 1.98. The Bertz CT molecular complexity index is 853. The molecule has 25 heavy (non-hydrogen) atoms. The van der Waals surface area contributed by atoms with Crippen LogP contribution in [0.25, 0.3) is 0 Å². The molecule has 130 valence electrons. The molecule has 0 spiro atoms. The first-order chi connectivity index (χ1) is 11.9. The second-order valence-electron chi connectivity index (χ2n) is 5.29. The van der Waals surface area contributed by atoms with E-state index in [9.17, 15) is 14.7 Å². The van der Waals surface area contributed by atoms with Crippen molar-refractivity contribution >= 4 is 40.8 Å². The summed E-state index contributed by atoms with van der Waals surface area (Å²) >= 11 is 11.9. The van der Waals surface area contributed by atoms with Crippen LogP contribution in [0.3, 0.4) is 0 Å². The van der Waals surface area contributed by atoms with E-state index in [4.69, 9.17) is 32.7 Å². The van der Waals surface area contributed by atoms with Gasteiger partial charge in [0.15, 0.2) is 11.5 Å². The lowest BCUT2D eigenvalue weighted by atomic mass is 9.96. The van der Waals surface area contributed by atoms with E-state index in [-0.39, 0.29) is 27.9 Å². The monoisotopic (exact) mass is 382 g/mol. The number of pyridine rings is 1. The van der Waals surface area contributed by atoms with Gasteiger partial charge in [-0.1, -0.05) is 35.3 Å². The van der Waals surface area contributed by atoms with E-state index >= 15 is 0 Å². The van der Waals surface area contributed by atoms with Crippen molar-refractivity contribution in [3.63, 3.8) is 0 Å². The van der Waals surface area contributed by atoms with Crippen LogP contribution in [0, 0.1) is 0 Å². The summed E-state index contributed by atoms with van der Waals surface area (Å²) in [6, 6.07) is 4.97. The van der Waals surface area contributed by atoms with E-state index in [0.717, 1.165) is 0 Å². The van der Waals surface area contributed by atoms with Gasteiger partial charge in [-0.2, -0.15) is 0 Å². The number of methoxy groups -OCH3 is 1. The van der Waals surface area contributed by atoms with Crippen LogP contribution < -0.4 is 14.8 Å². The first kappa shape index (κ1) is 17.3. The van der Waals surface area contributed by atoms with Crippen LogP contribution in [0.2, 0.25) is 10.0 Å². The molecule has 1 aliphatic heterocycles. The second-order valence-corrected chi connectivity index (χ2v) is 6.11. The summed E-state index contributed by atoms with van der Waals surface area (Å²) in [5.41, 5.74) is -1.55. The molecule has 0 saturated heterocycles. The van der Waals surface area contributed by atoms with Gasteiger partial charge < -0.3 is 19.9 Å². The van der Waals surface area contributed by atoms with E-state index in [1.54, 1.807) is 18.2 Å². The summed E-state index contributed by atoms with van der Waals surface area (Å²) < 4.78 is 10.7. The number of rotatable bonds is 4. The first-order valence-corrected chi connectivity index (χ1v) is 7.83. The molecule has 7 nitrogen and oxygen atoms in total. The number of carboxylic acid groups (broad SMARTS) is 1. The Morgan fingerprint density at radius 3 is 2.60 bits per heavy atom. The van der Waals surface area contributed by atoms with Crippen LogP contribution in [0.4, 0.5) is 5.69 Å². The molecule has 1 aromatic heterocycles. The molecule has 1 aromatic carbocycles. The van der Waals surface area contributed by atoms with Crippen molar-refractivity contribution in [3.8, 4) is 11.5 Å². The number of carbonyl (C=O) groups excluding carboxylic acids is 1. The van der Waals surface area contributed by atoms with Crippen LogP contribution in [0.1, 0.15) is 5.56 Å². The Kier molecular flexibility index (Phi) is 4.45. The maximum Gasteiger partial charge on any atom is 0.358 e. The number of amides is 1. The number of carbonyl (C=O) groups is 2. The number of nitrogens with zero attached hydrogens (tertiary/aromatic N) is 1. The van der Waals surface area contributed by atoms with Crippen LogP contribution in [0.5, 0.6) is 11.5 Å². The lowest BCUT2D eigenvalue weighted by molar-refractivity contribution is -0.159. The third-order valence-electron chi connectivity index (χ3n) is 3.80.